The van der Waals surface area contributed by atoms with Crippen molar-refractivity contribution in [2.24, 2.45) is 11.7 Å². The maximum Gasteiger partial charge on any atom is 0.0148 e. The van der Waals surface area contributed by atoms with Gasteiger partial charge in [-0.1, -0.05) is 30.3 Å². The Balaban J connectivity index is 1.97. The van der Waals surface area contributed by atoms with E-state index in [1.807, 2.05) is 0 Å². The Bertz CT molecular complexity index is 284. The summed E-state index contributed by atoms with van der Waals surface area (Å²) in [7, 11) is 0. The highest BCUT2D eigenvalue weighted by atomic mass is 14.9. The lowest BCUT2D eigenvalue weighted by Gasteiger charge is -2.32. The van der Waals surface area contributed by atoms with Crippen molar-refractivity contribution < 1.29 is 0 Å². The second-order valence-corrected chi connectivity index (χ2v) is 4.39. The Labute approximate surface area is 91.9 Å². The largest absolute Gasteiger partial charge is 0.330 e. The van der Waals surface area contributed by atoms with Crippen LogP contribution in [-0.2, 0) is 6.42 Å². The Morgan fingerprint density at radius 2 is 2.07 bits per heavy atom. The smallest absolute Gasteiger partial charge is 0.0148 e. The van der Waals surface area contributed by atoms with Crippen LogP contribution in [0.5, 0.6) is 0 Å². The van der Waals surface area contributed by atoms with Crippen molar-refractivity contribution in [2.45, 2.75) is 25.3 Å². The monoisotopic (exact) mass is 204 g/mol. The summed E-state index contributed by atoms with van der Waals surface area (Å²) in [5.74, 6) is 0.652. The van der Waals surface area contributed by atoms with Crippen molar-refractivity contribution in [2.75, 3.05) is 13.1 Å². The molecule has 1 aromatic rings. The number of rotatable bonds is 3. The molecule has 3 N–H and O–H groups in total. The fourth-order valence-corrected chi connectivity index (χ4v) is 2.41. The Kier molecular flexibility index (Phi) is 3.75. The third-order valence-electron chi connectivity index (χ3n) is 3.33. The minimum Gasteiger partial charge on any atom is -0.330 e. The van der Waals surface area contributed by atoms with E-state index < -0.39 is 0 Å². The molecule has 0 spiro atoms. The molecule has 1 aliphatic rings. The number of hydrogen-bond acceptors (Lipinski definition) is 2. The van der Waals surface area contributed by atoms with Crippen LogP contribution < -0.4 is 11.1 Å². The van der Waals surface area contributed by atoms with E-state index in [9.17, 15) is 0 Å². The maximum atomic E-state index is 5.81. The van der Waals surface area contributed by atoms with E-state index in [0.29, 0.717) is 12.0 Å². The zero-order valence-electron chi connectivity index (χ0n) is 9.15. The van der Waals surface area contributed by atoms with Crippen molar-refractivity contribution in [3.8, 4) is 0 Å². The molecule has 1 heterocycles. The van der Waals surface area contributed by atoms with Gasteiger partial charge < -0.3 is 11.1 Å². The van der Waals surface area contributed by atoms with E-state index in [1.165, 1.54) is 18.4 Å². The predicted octanol–water partition coefficient (Wildman–Crippen LogP) is 1.56. The molecule has 2 atom stereocenters. The quantitative estimate of drug-likeness (QED) is 0.784. The predicted molar refractivity (Wildman–Crippen MR) is 63.7 cm³/mol. The van der Waals surface area contributed by atoms with E-state index >= 15 is 0 Å². The lowest BCUT2D eigenvalue weighted by molar-refractivity contribution is 0.284. The summed E-state index contributed by atoms with van der Waals surface area (Å²) < 4.78 is 0. The van der Waals surface area contributed by atoms with E-state index in [-0.39, 0.29) is 0 Å². The summed E-state index contributed by atoms with van der Waals surface area (Å²) in [4.78, 5) is 0. The highest BCUT2D eigenvalue weighted by Crippen LogP contribution is 2.18. The number of hydrogen-bond donors (Lipinski definition) is 2. The van der Waals surface area contributed by atoms with Crippen LogP contribution in [0.15, 0.2) is 30.3 Å². The first kappa shape index (κ1) is 10.7. The van der Waals surface area contributed by atoms with Crippen LogP contribution in [0.3, 0.4) is 0 Å². The van der Waals surface area contributed by atoms with Gasteiger partial charge in [0.15, 0.2) is 0 Å². The van der Waals surface area contributed by atoms with Crippen molar-refractivity contribution in [1.29, 1.82) is 0 Å². The summed E-state index contributed by atoms with van der Waals surface area (Å²) in [6, 6.07) is 11.3. The van der Waals surface area contributed by atoms with Crippen LogP contribution in [0.1, 0.15) is 18.4 Å². The zero-order chi connectivity index (χ0) is 10.5. The molecule has 1 saturated heterocycles. The SMILES string of the molecule is NC[C@@H]1CCCN[C@H]1Cc1ccccc1. The van der Waals surface area contributed by atoms with Gasteiger partial charge in [-0.05, 0) is 43.8 Å². The van der Waals surface area contributed by atoms with Gasteiger partial charge in [-0.2, -0.15) is 0 Å². The van der Waals surface area contributed by atoms with Gasteiger partial charge in [0.05, 0.1) is 0 Å². The average molecular weight is 204 g/mol. The first-order chi connectivity index (χ1) is 7.40. The summed E-state index contributed by atoms with van der Waals surface area (Å²) >= 11 is 0. The molecule has 2 rings (SSSR count). The van der Waals surface area contributed by atoms with E-state index in [0.717, 1.165) is 19.5 Å². The second kappa shape index (κ2) is 5.29. The average Bonchev–Trinajstić information content (AvgIpc) is 2.31. The molecule has 0 unspecified atom stereocenters. The molecule has 0 bridgehead atoms. The van der Waals surface area contributed by atoms with Crippen LogP contribution >= 0.6 is 0 Å². The van der Waals surface area contributed by atoms with Gasteiger partial charge in [-0.15, -0.1) is 0 Å². The van der Waals surface area contributed by atoms with Crippen LogP contribution in [0.25, 0.3) is 0 Å². The molecule has 1 fully saturated rings. The van der Waals surface area contributed by atoms with Crippen LogP contribution in [-0.4, -0.2) is 19.1 Å². The summed E-state index contributed by atoms with van der Waals surface area (Å²) in [6.07, 6.45) is 3.66. The fourth-order valence-electron chi connectivity index (χ4n) is 2.41. The van der Waals surface area contributed by atoms with Gasteiger partial charge >= 0.3 is 0 Å². The van der Waals surface area contributed by atoms with Gasteiger partial charge in [0.1, 0.15) is 0 Å². The van der Waals surface area contributed by atoms with Crippen molar-refractivity contribution >= 4 is 0 Å². The van der Waals surface area contributed by atoms with Crippen LogP contribution in [0, 0.1) is 5.92 Å². The molecule has 0 aromatic heterocycles. The molecule has 15 heavy (non-hydrogen) atoms. The molecule has 2 heteroatoms. The minimum atomic E-state index is 0.575. The molecule has 0 radical (unpaired) electrons. The van der Waals surface area contributed by atoms with E-state index in [2.05, 4.69) is 35.6 Å². The molecule has 0 saturated carbocycles. The number of nitrogens with one attached hydrogen (secondary N) is 1. The minimum absolute atomic E-state index is 0.575. The van der Waals surface area contributed by atoms with Gasteiger partial charge in [0.2, 0.25) is 0 Å². The highest BCUT2D eigenvalue weighted by molar-refractivity contribution is 5.16. The second-order valence-electron chi connectivity index (χ2n) is 4.39. The molecule has 1 aromatic carbocycles. The molecule has 0 aliphatic carbocycles. The number of nitrogens with two attached hydrogens (primary N) is 1. The molecule has 82 valence electrons. The highest BCUT2D eigenvalue weighted by Gasteiger charge is 2.23. The zero-order valence-corrected chi connectivity index (χ0v) is 9.15. The van der Waals surface area contributed by atoms with Gasteiger partial charge in [0.25, 0.3) is 0 Å². The third-order valence-corrected chi connectivity index (χ3v) is 3.33. The van der Waals surface area contributed by atoms with Gasteiger partial charge in [-0.3, -0.25) is 0 Å². The third kappa shape index (κ3) is 2.80. The van der Waals surface area contributed by atoms with Crippen LogP contribution in [0.2, 0.25) is 0 Å². The summed E-state index contributed by atoms with van der Waals surface area (Å²) in [5.41, 5.74) is 7.22. The molecule has 1 aliphatic heterocycles. The Hall–Kier alpha value is -0.860. The van der Waals surface area contributed by atoms with Crippen LogP contribution in [0.4, 0.5) is 0 Å². The van der Waals surface area contributed by atoms with Gasteiger partial charge in [0, 0.05) is 6.04 Å². The molecular weight excluding hydrogens is 184 g/mol. The molecule has 0 amide bonds. The first-order valence-corrected chi connectivity index (χ1v) is 5.87. The van der Waals surface area contributed by atoms with Crippen molar-refractivity contribution in [3.63, 3.8) is 0 Å². The van der Waals surface area contributed by atoms with Gasteiger partial charge in [-0.25, -0.2) is 0 Å². The first-order valence-electron chi connectivity index (χ1n) is 5.87. The standard InChI is InChI=1S/C13H20N2/c14-10-12-7-4-8-15-13(12)9-11-5-2-1-3-6-11/h1-3,5-6,12-13,15H,4,7-10,14H2/t12-,13-/m0/s1. The topological polar surface area (TPSA) is 38.0 Å². The number of piperidine rings is 1. The molecular formula is C13H20N2. The number of benzene rings is 1. The summed E-state index contributed by atoms with van der Waals surface area (Å²) in [5, 5.41) is 3.59. The lowest BCUT2D eigenvalue weighted by atomic mass is 9.87. The lowest BCUT2D eigenvalue weighted by Crippen LogP contribution is -2.45. The van der Waals surface area contributed by atoms with E-state index in [1.54, 1.807) is 0 Å². The normalized spacial score (nSPS) is 26.5. The van der Waals surface area contributed by atoms with Crippen molar-refractivity contribution in [1.82, 2.24) is 5.32 Å². The van der Waals surface area contributed by atoms with Crippen molar-refractivity contribution in [3.05, 3.63) is 35.9 Å². The molecule has 2 nitrogen and oxygen atoms in total. The Morgan fingerprint density at radius 3 is 2.80 bits per heavy atom. The maximum absolute atomic E-state index is 5.81. The van der Waals surface area contributed by atoms with E-state index in [4.69, 9.17) is 5.73 Å². The summed E-state index contributed by atoms with van der Waals surface area (Å²) in [6.45, 7) is 1.96. The fraction of sp³-hybridized carbons (Fsp3) is 0.538. The Morgan fingerprint density at radius 1 is 1.27 bits per heavy atom.